The highest BCUT2D eigenvalue weighted by Crippen LogP contribution is 2.24. The van der Waals surface area contributed by atoms with Crippen LogP contribution in [0.4, 0.5) is 4.39 Å². The molecule has 1 N–H and O–H groups in total. The number of aromatic nitrogens is 5. The molecule has 3 heterocycles. The molecule has 4 rings (SSSR count). The summed E-state index contributed by atoms with van der Waals surface area (Å²) in [6, 6.07) is 4.69. The number of pyridine rings is 1. The minimum absolute atomic E-state index is 0.180. The van der Waals surface area contributed by atoms with Crippen LogP contribution >= 0.6 is 0 Å². The normalized spacial score (nSPS) is 12.4. The van der Waals surface area contributed by atoms with Gasteiger partial charge in [0.2, 0.25) is 0 Å². The molecule has 0 aliphatic heterocycles. The van der Waals surface area contributed by atoms with Gasteiger partial charge in [-0.25, -0.2) is 14.4 Å². The van der Waals surface area contributed by atoms with E-state index in [1.54, 1.807) is 42.4 Å². The average molecular weight is 385 g/mol. The van der Waals surface area contributed by atoms with Gasteiger partial charge in [-0.3, -0.25) is 9.19 Å². The summed E-state index contributed by atoms with van der Waals surface area (Å²) in [5.41, 5.74) is 2.83. The summed E-state index contributed by atoms with van der Waals surface area (Å²) in [6.45, 7) is 1.86. The van der Waals surface area contributed by atoms with Crippen molar-refractivity contribution in [3.05, 3.63) is 60.2 Å². The predicted octanol–water partition coefficient (Wildman–Crippen LogP) is 2.91. The highest BCUT2D eigenvalue weighted by atomic mass is 32.2. The lowest BCUT2D eigenvalue weighted by atomic mass is 10.2. The summed E-state index contributed by atoms with van der Waals surface area (Å²) < 4.78 is 34.0. The van der Waals surface area contributed by atoms with Gasteiger partial charge in [0.15, 0.2) is 5.16 Å². The maximum absolute atomic E-state index is 14.4. The maximum atomic E-state index is 14.4. The maximum Gasteiger partial charge on any atom is 0.197 e. The number of aromatic amines is 1. The molecule has 3 aromatic heterocycles. The van der Waals surface area contributed by atoms with Gasteiger partial charge in [0.25, 0.3) is 0 Å². The number of methoxy groups -OCH3 is 1. The highest BCUT2D eigenvalue weighted by Gasteiger charge is 2.16. The molecule has 0 saturated heterocycles. The van der Waals surface area contributed by atoms with Crippen LogP contribution in [-0.2, 0) is 16.6 Å². The second-order valence-electron chi connectivity index (χ2n) is 5.91. The summed E-state index contributed by atoms with van der Waals surface area (Å²) in [4.78, 5) is 15.5. The molecule has 0 fully saturated rings. The lowest BCUT2D eigenvalue weighted by Crippen LogP contribution is -2.03. The molecule has 1 aromatic carbocycles. The van der Waals surface area contributed by atoms with Crippen molar-refractivity contribution in [3.8, 4) is 11.4 Å². The number of fused-ring (bicyclic) bond motifs is 1. The second kappa shape index (κ2) is 6.92. The zero-order valence-electron chi connectivity index (χ0n) is 14.6. The Hall–Kier alpha value is -3.07. The molecule has 7 nitrogen and oxygen atoms in total. The van der Waals surface area contributed by atoms with E-state index in [4.69, 9.17) is 4.74 Å². The largest absolute Gasteiger partial charge is 0.496 e. The van der Waals surface area contributed by atoms with Gasteiger partial charge in [-0.2, -0.15) is 0 Å². The van der Waals surface area contributed by atoms with Crippen molar-refractivity contribution >= 4 is 21.8 Å². The monoisotopic (exact) mass is 385 g/mol. The number of ether oxygens (including phenoxy) is 1. The van der Waals surface area contributed by atoms with Gasteiger partial charge < -0.3 is 14.3 Å². The zero-order valence-corrected chi connectivity index (χ0v) is 15.5. The number of benzene rings is 1. The molecule has 1 unspecified atom stereocenters. The SMILES string of the molecule is COc1ccnc(CS(=O)c2nc3cc(-n4ccnc4)c(F)cc3[nH]2)c1C. The van der Waals surface area contributed by atoms with E-state index in [0.717, 1.165) is 5.56 Å². The Morgan fingerprint density at radius 2 is 2.19 bits per heavy atom. The van der Waals surface area contributed by atoms with E-state index in [1.807, 2.05) is 6.92 Å². The molecule has 9 heteroatoms. The van der Waals surface area contributed by atoms with Crippen molar-refractivity contribution in [1.82, 2.24) is 24.5 Å². The third kappa shape index (κ3) is 3.21. The van der Waals surface area contributed by atoms with Crippen molar-refractivity contribution in [2.75, 3.05) is 7.11 Å². The molecule has 0 saturated carbocycles. The molecule has 0 amide bonds. The van der Waals surface area contributed by atoms with Crippen molar-refractivity contribution in [1.29, 1.82) is 0 Å². The van der Waals surface area contributed by atoms with Crippen LogP contribution in [0.5, 0.6) is 5.75 Å². The molecule has 0 radical (unpaired) electrons. The summed E-state index contributed by atoms with van der Waals surface area (Å²) in [5, 5.41) is 0.274. The fourth-order valence-electron chi connectivity index (χ4n) is 2.82. The Morgan fingerprint density at radius 3 is 2.93 bits per heavy atom. The van der Waals surface area contributed by atoms with E-state index in [1.165, 1.54) is 12.4 Å². The lowest BCUT2D eigenvalue weighted by molar-refractivity contribution is 0.410. The van der Waals surface area contributed by atoms with Crippen molar-refractivity contribution in [3.63, 3.8) is 0 Å². The molecule has 0 bridgehead atoms. The highest BCUT2D eigenvalue weighted by molar-refractivity contribution is 7.84. The van der Waals surface area contributed by atoms with E-state index in [-0.39, 0.29) is 10.9 Å². The van der Waals surface area contributed by atoms with Crippen LogP contribution < -0.4 is 4.74 Å². The summed E-state index contributed by atoms with van der Waals surface area (Å²) >= 11 is 0. The number of halogens is 1. The molecule has 138 valence electrons. The van der Waals surface area contributed by atoms with E-state index >= 15 is 0 Å². The van der Waals surface area contributed by atoms with Gasteiger partial charge in [0, 0.05) is 30.2 Å². The van der Waals surface area contributed by atoms with Crippen LogP contribution in [0.3, 0.4) is 0 Å². The molecule has 0 aliphatic carbocycles. The molecule has 0 aliphatic rings. The first-order valence-electron chi connectivity index (χ1n) is 8.11. The number of H-pyrrole nitrogens is 1. The standard InChI is InChI=1S/C18H16FN5O2S/c1-11-15(21-4-3-17(11)26-2)9-27(25)18-22-13-7-12(19)16(8-14(13)23-18)24-6-5-20-10-24/h3-8,10H,9H2,1-2H3,(H,22,23). The van der Waals surface area contributed by atoms with Crippen molar-refractivity contribution in [2.24, 2.45) is 0 Å². The summed E-state index contributed by atoms with van der Waals surface area (Å²) in [6.07, 6.45) is 6.34. The summed E-state index contributed by atoms with van der Waals surface area (Å²) in [5.74, 6) is 0.445. The first-order valence-corrected chi connectivity index (χ1v) is 9.43. The van der Waals surface area contributed by atoms with Crippen LogP contribution in [0.2, 0.25) is 0 Å². The molecule has 27 heavy (non-hydrogen) atoms. The van der Waals surface area contributed by atoms with Crippen LogP contribution in [0, 0.1) is 12.7 Å². The van der Waals surface area contributed by atoms with Gasteiger partial charge in [-0.05, 0) is 19.1 Å². The van der Waals surface area contributed by atoms with Crippen molar-refractivity contribution in [2.45, 2.75) is 17.8 Å². The smallest absolute Gasteiger partial charge is 0.197 e. The van der Waals surface area contributed by atoms with Gasteiger partial charge in [0.1, 0.15) is 11.6 Å². The number of hydrogen-bond acceptors (Lipinski definition) is 5. The average Bonchev–Trinajstić information content (AvgIpc) is 3.32. The fourth-order valence-corrected chi connectivity index (χ4v) is 3.92. The van der Waals surface area contributed by atoms with Crippen LogP contribution in [0.25, 0.3) is 16.7 Å². The molecule has 0 spiro atoms. The molecule has 1 atom stereocenters. The third-order valence-electron chi connectivity index (χ3n) is 4.27. The van der Waals surface area contributed by atoms with Gasteiger partial charge in [0.05, 0.1) is 52.4 Å². The third-order valence-corrected chi connectivity index (χ3v) is 5.43. The topological polar surface area (TPSA) is 85.7 Å². The molecular formula is C18H16FN5O2S. The minimum Gasteiger partial charge on any atom is -0.496 e. The Labute approximate surface area is 156 Å². The summed E-state index contributed by atoms with van der Waals surface area (Å²) in [7, 11) is 0.114. The Kier molecular flexibility index (Phi) is 4.44. The van der Waals surface area contributed by atoms with Crippen molar-refractivity contribution < 1.29 is 13.3 Å². The second-order valence-corrected chi connectivity index (χ2v) is 7.27. The number of rotatable bonds is 5. The van der Waals surface area contributed by atoms with E-state index < -0.39 is 16.6 Å². The number of nitrogens with zero attached hydrogens (tertiary/aromatic N) is 4. The Bertz CT molecular complexity index is 1140. The van der Waals surface area contributed by atoms with Crippen LogP contribution in [0.15, 0.2) is 48.3 Å². The van der Waals surface area contributed by atoms with Crippen LogP contribution in [0.1, 0.15) is 11.3 Å². The van der Waals surface area contributed by atoms with Gasteiger partial charge in [-0.1, -0.05) is 0 Å². The van der Waals surface area contributed by atoms with Crippen LogP contribution in [-0.4, -0.2) is 35.8 Å². The minimum atomic E-state index is -1.46. The number of nitrogens with one attached hydrogen (secondary N) is 1. The number of imidazole rings is 2. The number of hydrogen-bond donors (Lipinski definition) is 1. The first kappa shape index (κ1) is 17.3. The van der Waals surface area contributed by atoms with Gasteiger partial charge >= 0.3 is 0 Å². The first-order chi connectivity index (χ1) is 13.1. The van der Waals surface area contributed by atoms with Gasteiger partial charge in [-0.15, -0.1) is 0 Å². The van der Waals surface area contributed by atoms with E-state index in [0.29, 0.717) is 28.2 Å². The zero-order chi connectivity index (χ0) is 19.0. The van der Waals surface area contributed by atoms with E-state index in [2.05, 4.69) is 19.9 Å². The Morgan fingerprint density at radius 1 is 1.33 bits per heavy atom. The predicted molar refractivity (Wildman–Crippen MR) is 98.8 cm³/mol. The molecular weight excluding hydrogens is 369 g/mol. The fraction of sp³-hybridized carbons (Fsp3) is 0.167. The van der Waals surface area contributed by atoms with E-state index in [9.17, 15) is 8.60 Å². The lowest BCUT2D eigenvalue weighted by Gasteiger charge is -2.08. The quantitative estimate of drug-likeness (QED) is 0.571. The Balaban J connectivity index is 1.67. The molecule has 4 aromatic rings.